The zero-order chi connectivity index (χ0) is 14.6. The van der Waals surface area contributed by atoms with Crippen molar-refractivity contribution in [3.05, 3.63) is 29.8 Å². The Balaban J connectivity index is 1.98. The Morgan fingerprint density at radius 3 is 2.65 bits per heavy atom. The van der Waals surface area contributed by atoms with Crippen LogP contribution in [0.25, 0.3) is 0 Å². The van der Waals surface area contributed by atoms with Crippen LogP contribution in [0.3, 0.4) is 0 Å². The third kappa shape index (κ3) is 3.72. The van der Waals surface area contributed by atoms with E-state index in [2.05, 4.69) is 30.9 Å². The number of morpholine rings is 1. The minimum atomic E-state index is 0.0167. The third-order valence-electron chi connectivity index (χ3n) is 3.85. The molecule has 0 radical (unpaired) electrons. The molecule has 112 valence electrons. The monoisotopic (exact) mass is 278 g/mol. The molecule has 4 heteroatoms. The van der Waals surface area contributed by atoms with E-state index in [-0.39, 0.29) is 11.6 Å². The van der Waals surface area contributed by atoms with Crippen LogP contribution >= 0.6 is 0 Å². The van der Waals surface area contributed by atoms with Gasteiger partial charge in [0.15, 0.2) is 0 Å². The van der Waals surface area contributed by atoms with Gasteiger partial charge in [-0.25, -0.2) is 0 Å². The highest BCUT2D eigenvalue weighted by atomic mass is 16.5. The van der Waals surface area contributed by atoms with Crippen molar-refractivity contribution in [2.75, 3.05) is 32.9 Å². The molecule has 0 amide bonds. The first kappa shape index (κ1) is 15.3. The van der Waals surface area contributed by atoms with Gasteiger partial charge in [-0.05, 0) is 38.5 Å². The van der Waals surface area contributed by atoms with Crippen LogP contribution in [-0.2, 0) is 4.74 Å². The minimum absolute atomic E-state index is 0.0167. The van der Waals surface area contributed by atoms with Crippen molar-refractivity contribution in [2.45, 2.75) is 32.4 Å². The lowest BCUT2D eigenvalue weighted by molar-refractivity contribution is -0.0531. The molecule has 2 N–H and O–H groups in total. The molecule has 0 spiro atoms. The summed E-state index contributed by atoms with van der Waals surface area (Å²) in [7, 11) is 0. The normalized spacial score (nSPS) is 20.6. The lowest BCUT2D eigenvalue weighted by Crippen LogP contribution is -2.54. The van der Waals surface area contributed by atoms with Crippen LogP contribution in [-0.4, -0.2) is 43.3 Å². The standard InChI is InChI=1S/C16H26N2O2/c1-4-20-14-7-5-13(6-8-14)15(17)11-18-9-10-19-12-16(18,2)3/h5-8,15H,4,9-12,17H2,1-3H3. The molecule has 1 unspecified atom stereocenters. The maximum Gasteiger partial charge on any atom is 0.119 e. The quantitative estimate of drug-likeness (QED) is 0.897. The van der Waals surface area contributed by atoms with Crippen LogP contribution in [0.15, 0.2) is 24.3 Å². The molecule has 4 nitrogen and oxygen atoms in total. The molecular weight excluding hydrogens is 252 g/mol. The van der Waals surface area contributed by atoms with Gasteiger partial charge in [0.05, 0.1) is 19.8 Å². The van der Waals surface area contributed by atoms with Crippen LogP contribution in [0.4, 0.5) is 0 Å². The summed E-state index contributed by atoms with van der Waals surface area (Å²) in [5.74, 6) is 0.898. The second-order valence-corrected chi connectivity index (χ2v) is 5.92. The zero-order valence-electron chi connectivity index (χ0n) is 12.8. The van der Waals surface area contributed by atoms with Gasteiger partial charge in [-0.15, -0.1) is 0 Å². The number of rotatable bonds is 5. The molecule has 1 aromatic carbocycles. The summed E-state index contributed by atoms with van der Waals surface area (Å²) in [5.41, 5.74) is 7.55. The predicted octanol–water partition coefficient (Wildman–Crippen LogP) is 2.20. The number of ether oxygens (including phenoxy) is 2. The molecule has 1 atom stereocenters. The van der Waals surface area contributed by atoms with Crippen molar-refractivity contribution in [3.8, 4) is 5.75 Å². The average molecular weight is 278 g/mol. The smallest absolute Gasteiger partial charge is 0.119 e. The van der Waals surface area contributed by atoms with Gasteiger partial charge in [0.25, 0.3) is 0 Å². The van der Waals surface area contributed by atoms with Crippen LogP contribution < -0.4 is 10.5 Å². The van der Waals surface area contributed by atoms with E-state index < -0.39 is 0 Å². The van der Waals surface area contributed by atoms with E-state index in [9.17, 15) is 0 Å². The molecule has 0 saturated carbocycles. The first-order valence-corrected chi connectivity index (χ1v) is 7.34. The Morgan fingerprint density at radius 1 is 1.35 bits per heavy atom. The predicted molar refractivity (Wildman–Crippen MR) is 81.0 cm³/mol. The SMILES string of the molecule is CCOc1ccc(C(N)CN2CCOCC2(C)C)cc1. The van der Waals surface area contributed by atoms with E-state index in [1.165, 1.54) is 0 Å². The highest BCUT2D eigenvalue weighted by molar-refractivity contribution is 5.29. The number of benzene rings is 1. The summed E-state index contributed by atoms with van der Waals surface area (Å²) in [4.78, 5) is 2.41. The zero-order valence-corrected chi connectivity index (χ0v) is 12.8. The summed E-state index contributed by atoms with van der Waals surface area (Å²) < 4.78 is 11.0. The third-order valence-corrected chi connectivity index (χ3v) is 3.85. The number of hydrogen-bond donors (Lipinski definition) is 1. The van der Waals surface area contributed by atoms with Crippen molar-refractivity contribution in [3.63, 3.8) is 0 Å². The number of hydrogen-bond acceptors (Lipinski definition) is 4. The molecule has 0 aromatic heterocycles. The maximum absolute atomic E-state index is 6.35. The molecule has 1 aliphatic heterocycles. The lowest BCUT2D eigenvalue weighted by Gasteiger charge is -2.43. The Labute approximate surface area is 121 Å². The Hall–Kier alpha value is -1.10. The molecule has 0 bridgehead atoms. The maximum atomic E-state index is 6.35. The van der Waals surface area contributed by atoms with E-state index in [4.69, 9.17) is 15.2 Å². The van der Waals surface area contributed by atoms with Crippen LogP contribution in [0.5, 0.6) is 5.75 Å². The van der Waals surface area contributed by atoms with Crippen LogP contribution in [0, 0.1) is 0 Å². The fourth-order valence-electron chi connectivity index (χ4n) is 2.55. The van der Waals surface area contributed by atoms with E-state index in [0.29, 0.717) is 6.61 Å². The van der Waals surface area contributed by atoms with E-state index >= 15 is 0 Å². The second-order valence-electron chi connectivity index (χ2n) is 5.92. The Bertz CT molecular complexity index is 417. The summed E-state index contributed by atoms with van der Waals surface area (Å²) in [6.07, 6.45) is 0. The summed E-state index contributed by atoms with van der Waals surface area (Å²) in [5, 5.41) is 0. The van der Waals surface area contributed by atoms with Crippen LogP contribution in [0.2, 0.25) is 0 Å². The van der Waals surface area contributed by atoms with Crippen molar-refractivity contribution in [2.24, 2.45) is 5.73 Å². The van der Waals surface area contributed by atoms with Crippen molar-refractivity contribution in [1.29, 1.82) is 0 Å². The Kier molecular flexibility index (Phi) is 5.02. The highest BCUT2D eigenvalue weighted by Crippen LogP contribution is 2.23. The van der Waals surface area contributed by atoms with E-state index in [0.717, 1.165) is 37.6 Å². The molecule has 20 heavy (non-hydrogen) atoms. The van der Waals surface area contributed by atoms with E-state index in [1.54, 1.807) is 0 Å². The summed E-state index contributed by atoms with van der Waals surface area (Å²) in [6, 6.07) is 8.11. The van der Waals surface area contributed by atoms with Gasteiger partial charge in [0.2, 0.25) is 0 Å². The van der Waals surface area contributed by atoms with Gasteiger partial charge in [0, 0.05) is 24.7 Å². The van der Waals surface area contributed by atoms with Gasteiger partial charge in [0.1, 0.15) is 5.75 Å². The first-order chi connectivity index (χ1) is 9.53. The second kappa shape index (κ2) is 6.57. The first-order valence-electron chi connectivity index (χ1n) is 7.34. The average Bonchev–Trinajstić information content (AvgIpc) is 2.42. The topological polar surface area (TPSA) is 47.7 Å². The fraction of sp³-hybridized carbons (Fsp3) is 0.625. The Morgan fingerprint density at radius 2 is 2.05 bits per heavy atom. The van der Waals surface area contributed by atoms with Crippen molar-refractivity contribution in [1.82, 2.24) is 4.90 Å². The number of nitrogens with zero attached hydrogens (tertiary/aromatic N) is 1. The lowest BCUT2D eigenvalue weighted by atomic mass is 9.99. The van der Waals surface area contributed by atoms with Gasteiger partial charge < -0.3 is 15.2 Å². The molecule has 1 aromatic rings. The van der Waals surface area contributed by atoms with Crippen molar-refractivity contribution >= 4 is 0 Å². The van der Waals surface area contributed by atoms with Gasteiger partial charge >= 0.3 is 0 Å². The fourth-order valence-corrected chi connectivity index (χ4v) is 2.55. The van der Waals surface area contributed by atoms with E-state index in [1.807, 2.05) is 19.1 Å². The molecule has 1 fully saturated rings. The summed E-state index contributed by atoms with van der Waals surface area (Å²) >= 11 is 0. The number of nitrogens with two attached hydrogens (primary N) is 1. The minimum Gasteiger partial charge on any atom is -0.494 e. The molecule has 0 aliphatic carbocycles. The van der Waals surface area contributed by atoms with Crippen LogP contribution in [0.1, 0.15) is 32.4 Å². The van der Waals surface area contributed by atoms with Gasteiger partial charge in [-0.2, -0.15) is 0 Å². The molecule has 1 aliphatic rings. The largest absolute Gasteiger partial charge is 0.494 e. The van der Waals surface area contributed by atoms with Gasteiger partial charge in [-0.3, -0.25) is 4.90 Å². The molecular formula is C16H26N2O2. The van der Waals surface area contributed by atoms with Gasteiger partial charge in [-0.1, -0.05) is 12.1 Å². The van der Waals surface area contributed by atoms with Crippen molar-refractivity contribution < 1.29 is 9.47 Å². The molecule has 2 rings (SSSR count). The molecule has 1 heterocycles. The highest BCUT2D eigenvalue weighted by Gasteiger charge is 2.31. The molecule has 1 saturated heterocycles. The summed E-state index contributed by atoms with van der Waals surface area (Å²) in [6.45, 7) is 10.4.